The van der Waals surface area contributed by atoms with Crippen LogP contribution >= 0.6 is 39.1 Å². The monoisotopic (exact) mass is 359 g/mol. The third-order valence-corrected chi connectivity index (χ3v) is 3.33. The van der Waals surface area contributed by atoms with Gasteiger partial charge in [-0.15, -0.1) is 0 Å². The second kappa shape index (κ2) is 5.82. The quantitative estimate of drug-likeness (QED) is 0.590. The molecule has 98 valence electrons. The van der Waals surface area contributed by atoms with E-state index >= 15 is 0 Å². The zero-order chi connectivity index (χ0) is 14.0. The van der Waals surface area contributed by atoms with Crippen molar-refractivity contribution in [1.29, 1.82) is 0 Å². The Hall–Kier alpha value is -1.23. The van der Waals surface area contributed by atoms with Crippen LogP contribution in [0.3, 0.4) is 0 Å². The van der Waals surface area contributed by atoms with Crippen LogP contribution in [0.2, 0.25) is 10.0 Å². The maximum atomic E-state index is 9.70. The van der Waals surface area contributed by atoms with Crippen molar-refractivity contribution in [2.75, 3.05) is 0 Å². The molecule has 6 heteroatoms. The Morgan fingerprint density at radius 2 is 1.84 bits per heavy atom. The van der Waals surface area contributed by atoms with Crippen molar-refractivity contribution in [3.05, 3.63) is 50.4 Å². The molecule has 0 saturated heterocycles. The molecule has 0 atom stereocenters. The molecule has 0 bridgehead atoms. The third-order valence-electron chi connectivity index (χ3n) is 2.34. The van der Waals surface area contributed by atoms with Crippen molar-refractivity contribution in [2.24, 2.45) is 4.99 Å². The van der Waals surface area contributed by atoms with Crippen LogP contribution in [0, 0.1) is 0 Å². The summed E-state index contributed by atoms with van der Waals surface area (Å²) < 4.78 is 0.631. The second-order valence-electron chi connectivity index (χ2n) is 3.72. The van der Waals surface area contributed by atoms with E-state index in [1.54, 1.807) is 24.3 Å². The summed E-state index contributed by atoms with van der Waals surface area (Å²) in [6.07, 6.45) is 1.41. The Morgan fingerprint density at radius 3 is 2.53 bits per heavy atom. The summed E-state index contributed by atoms with van der Waals surface area (Å²) >= 11 is 15.0. The smallest absolute Gasteiger partial charge is 0.166 e. The molecule has 2 rings (SSSR count). The molecule has 0 aromatic heterocycles. The Kier molecular flexibility index (Phi) is 4.34. The number of hydrogen-bond donors (Lipinski definition) is 2. The Labute approximate surface area is 128 Å². The molecule has 0 unspecified atom stereocenters. The molecule has 19 heavy (non-hydrogen) atoms. The number of aliphatic imine (C=N–C) groups is 1. The van der Waals surface area contributed by atoms with Crippen molar-refractivity contribution in [2.45, 2.75) is 0 Å². The van der Waals surface area contributed by atoms with Crippen LogP contribution in [0.25, 0.3) is 0 Å². The molecule has 2 aromatic rings. The van der Waals surface area contributed by atoms with Gasteiger partial charge in [-0.3, -0.25) is 4.99 Å². The highest BCUT2D eigenvalue weighted by Crippen LogP contribution is 2.33. The second-order valence-corrected chi connectivity index (χ2v) is 5.48. The molecule has 0 aliphatic heterocycles. The topological polar surface area (TPSA) is 52.8 Å². The van der Waals surface area contributed by atoms with E-state index in [4.69, 9.17) is 23.2 Å². The molecule has 0 spiro atoms. The number of aromatic hydroxyl groups is 2. The van der Waals surface area contributed by atoms with Gasteiger partial charge < -0.3 is 10.2 Å². The van der Waals surface area contributed by atoms with Crippen LogP contribution < -0.4 is 0 Å². The molecule has 0 amide bonds. The van der Waals surface area contributed by atoms with Crippen molar-refractivity contribution in [1.82, 2.24) is 0 Å². The van der Waals surface area contributed by atoms with Gasteiger partial charge in [-0.05, 0) is 30.3 Å². The lowest BCUT2D eigenvalue weighted by Gasteiger charge is -2.03. The molecule has 0 fully saturated rings. The number of hydrogen-bond acceptors (Lipinski definition) is 3. The minimum atomic E-state index is -0.239. The summed E-state index contributed by atoms with van der Waals surface area (Å²) in [4.78, 5) is 4.15. The van der Waals surface area contributed by atoms with E-state index in [-0.39, 0.29) is 11.5 Å². The van der Waals surface area contributed by atoms with Gasteiger partial charge in [0.25, 0.3) is 0 Å². The molecule has 0 aliphatic rings. The van der Waals surface area contributed by atoms with Gasteiger partial charge >= 0.3 is 0 Å². The zero-order valence-corrected chi connectivity index (χ0v) is 12.5. The average Bonchev–Trinajstić information content (AvgIpc) is 2.33. The Morgan fingerprint density at radius 1 is 1.11 bits per heavy atom. The van der Waals surface area contributed by atoms with Crippen molar-refractivity contribution >= 4 is 51.0 Å². The number of halogens is 3. The first-order valence-electron chi connectivity index (χ1n) is 5.18. The van der Waals surface area contributed by atoms with E-state index in [1.807, 2.05) is 0 Å². The first-order valence-corrected chi connectivity index (χ1v) is 6.73. The van der Waals surface area contributed by atoms with Gasteiger partial charge in [-0.1, -0.05) is 39.1 Å². The highest BCUT2D eigenvalue weighted by molar-refractivity contribution is 9.10. The molecular weight excluding hydrogens is 353 g/mol. The van der Waals surface area contributed by atoms with Crippen LogP contribution in [-0.2, 0) is 0 Å². The summed E-state index contributed by atoms with van der Waals surface area (Å²) in [7, 11) is 0. The van der Waals surface area contributed by atoms with Crippen LogP contribution in [0.4, 0.5) is 5.69 Å². The molecular formula is C13H8BrCl2NO2. The highest BCUT2D eigenvalue weighted by atomic mass is 79.9. The van der Waals surface area contributed by atoms with Gasteiger partial charge in [0.2, 0.25) is 0 Å². The largest absolute Gasteiger partial charge is 0.504 e. The number of nitrogens with zero attached hydrogens (tertiary/aromatic N) is 1. The van der Waals surface area contributed by atoms with Gasteiger partial charge in [-0.25, -0.2) is 0 Å². The first-order chi connectivity index (χ1) is 8.97. The Balaban J connectivity index is 2.38. The fourth-order valence-electron chi connectivity index (χ4n) is 1.43. The number of phenols is 2. The van der Waals surface area contributed by atoms with Crippen LogP contribution in [0.15, 0.2) is 39.8 Å². The standard InChI is InChI=1S/C13H8BrCl2NO2/c14-8-3-7(13(19)12(18)4-8)6-17-11-2-1-9(15)5-10(11)16/h1-6,18-19H. The van der Waals surface area contributed by atoms with Crippen molar-refractivity contribution < 1.29 is 10.2 Å². The third kappa shape index (κ3) is 3.41. The molecule has 3 nitrogen and oxygen atoms in total. The molecule has 0 heterocycles. The minimum Gasteiger partial charge on any atom is -0.504 e. The van der Waals surface area contributed by atoms with Crippen LogP contribution in [0.1, 0.15) is 5.56 Å². The van der Waals surface area contributed by atoms with Crippen molar-refractivity contribution in [3.63, 3.8) is 0 Å². The molecule has 0 saturated carbocycles. The lowest BCUT2D eigenvalue weighted by Crippen LogP contribution is -1.84. The average molecular weight is 361 g/mol. The van der Waals surface area contributed by atoms with Crippen molar-refractivity contribution in [3.8, 4) is 11.5 Å². The molecule has 0 radical (unpaired) electrons. The number of rotatable bonds is 2. The predicted molar refractivity (Wildman–Crippen MR) is 81.2 cm³/mol. The molecule has 0 aliphatic carbocycles. The Bertz CT molecular complexity index is 659. The van der Waals surface area contributed by atoms with E-state index in [1.165, 1.54) is 12.3 Å². The lowest BCUT2D eigenvalue weighted by atomic mass is 10.2. The fraction of sp³-hybridized carbons (Fsp3) is 0. The molecule has 2 aromatic carbocycles. The van der Waals surface area contributed by atoms with Gasteiger partial charge in [0, 0.05) is 21.3 Å². The summed E-state index contributed by atoms with van der Waals surface area (Å²) in [5.74, 6) is -0.463. The van der Waals surface area contributed by atoms with Crippen LogP contribution in [-0.4, -0.2) is 16.4 Å². The number of benzene rings is 2. The van der Waals surface area contributed by atoms with E-state index in [0.717, 1.165) is 0 Å². The van der Waals surface area contributed by atoms with Gasteiger partial charge in [0.1, 0.15) is 0 Å². The fourth-order valence-corrected chi connectivity index (χ4v) is 2.35. The maximum absolute atomic E-state index is 9.70. The summed E-state index contributed by atoms with van der Waals surface area (Å²) in [5, 5.41) is 20.1. The van der Waals surface area contributed by atoms with Crippen LogP contribution in [0.5, 0.6) is 11.5 Å². The van der Waals surface area contributed by atoms with E-state index in [0.29, 0.717) is 25.8 Å². The summed E-state index contributed by atoms with van der Waals surface area (Å²) in [5.41, 5.74) is 0.892. The van der Waals surface area contributed by atoms with E-state index in [2.05, 4.69) is 20.9 Å². The van der Waals surface area contributed by atoms with Gasteiger partial charge in [0.15, 0.2) is 11.5 Å². The lowest BCUT2D eigenvalue weighted by molar-refractivity contribution is 0.403. The first kappa shape index (κ1) is 14.2. The zero-order valence-electron chi connectivity index (χ0n) is 9.44. The predicted octanol–water partition coefficient (Wildman–Crippen LogP) is 4.92. The SMILES string of the molecule is Oc1cc(Br)cc(C=Nc2ccc(Cl)cc2Cl)c1O. The summed E-state index contributed by atoms with van der Waals surface area (Å²) in [6, 6.07) is 7.92. The number of phenolic OH excluding ortho intramolecular Hbond substituents is 2. The van der Waals surface area contributed by atoms with Gasteiger partial charge in [-0.2, -0.15) is 0 Å². The normalized spacial score (nSPS) is 11.1. The summed E-state index contributed by atoms with van der Waals surface area (Å²) in [6.45, 7) is 0. The van der Waals surface area contributed by atoms with Gasteiger partial charge in [0.05, 0.1) is 10.7 Å². The van der Waals surface area contributed by atoms with E-state index < -0.39 is 0 Å². The van der Waals surface area contributed by atoms with E-state index in [9.17, 15) is 10.2 Å². The minimum absolute atomic E-state index is 0.224. The maximum Gasteiger partial charge on any atom is 0.166 e. The highest BCUT2D eigenvalue weighted by Gasteiger charge is 2.06. The molecule has 2 N–H and O–H groups in total.